The number of rotatable bonds is 3. The van der Waals surface area contributed by atoms with Crippen LogP contribution < -0.4 is 0 Å². The van der Waals surface area contributed by atoms with Gasteiger partial charge in [-0.1, -0.05) is 115 Å². The lowest BCUT2D eigenvalue weighted by molar-refractivity contribution is 0.669. The molecule has 0 saturated carbocycles. The van der Waals surface area contributed by atoms with Crippen LogP contribution in [0, 0.1) is 0 Å². The number of para-hydroxylation sites is 4. The number of hydrogen-bond acceptors (Lipinski definition) is 5. The minimum absolute atomic E-state index is 0.654. The molecule has 0 aliphatic carbocycles. The summed E-state index contributed by atoms with van der Waals surface area (Å²) < 4.78 is 15.9. The highest BCUT2D eigenvalue weighted by Gasteiger charge is 2.26. The molecule has 6 heterocycles. The van der Waals surface area contributed by atoms with E-state index in [9.17, 15) is 0 Å². The summed E-state index contributed by atoms with van der Waals surface area (Å²) in [6.07, 6.45) is 0. The normalized spacial score (nSPS) is 12.4. The number of thiophene rings is 2. The molecule has 0 fully saturated rings. The van der Waals surface area contributed by atoms with E-state index in [0.717, 1.165) is 65.5 Å². The van der Waals surface area contributed by atoms with Crippen molar-refractivity contribution < 1.29 is 4.42 Å². The molecular formula is C56H30N4OS2. The molecule has 9 aromatic carbocycles. The van der Waals surface area contributed by atoms with E-state index < -0.39 is 0 Å². The fraction of sp³-hybridized carbons (Fsp3) is 0. The third kappa shape index (κ3) is 4.54. The molecule has 0 bridgehead atoms. The van der Waals surface area contributed by atoms with Crippen LogP contribution in [0.5, 0.6) is 0 Å². The van der Waals surface area contributed by atoms with Gasteiger partial charge in [0.1, 0.15) is 11.2 Å². The molecule has 7 heteroatoms. The second-order valence-corrected chi connectivity index (χ2v) is 18.5. The maximum Gasteiger partial charge on any atom is 0.235 e. The zero-order valence-electron chi connectivity index (χ0n) is 33.3. The highest BCUT2D eigenvalue weighted by molar-refractivity contribution is 7.27. The van der Waals surface area contributed by atoms with Crippen LogP contribution in [0.1, 0.15) is 0 Å². The van der Waals surface area contributed by atoms with Crippen molar-refractivity contribution in [1.29, 1.82) is 0 Å². The van der Waals surface area contributed by atoms with Gasteiger partial charge >= 0.3 is 0 Å². The predicted molar refractivity (Wildman–Crippen MR) is 267 cm³/mol. The Morgan fingerprint density at radius 1 is 0.397 bits per heavy atom. The SMILES string of the molecule is c1ccc(-n2c3ccccc3c3cc4c(cc32)sc2c3ccccc3c3c(c5ccccc5n3-c3nc(-c5ccc6oc7ccccc7c6c5)c5sc6ccccc6c5n3)c42)cc1. The van der Waals surface area contributed by atoms with E-state index in [1.165, 1.54) is 68.2 Å². The van der Waals surface area contributed by atoms with Crippen molar-refractivity contribution in [2.75, 3.05) is 0 Å². The van der Waals surface area contributed by atoms with Crippen LogP contribution in [-0.2, 0) is 0 Å². The van der Waals surface area contributed by atoms with E-state index in [0.29, 0.717) is 5.95 Å². The first kappa shape index (κ1) is 33.8. The summed E-state index contributed by atoms with van der Waals surface area (Å²) in [5.41, 5.74) is 10.4. The Kier molecular flexibility index (Phi) is 6.65. The number of nitrogens with zero attached hydrogens (tertiary/aromatic N) is 4. The van der Waals surface area contributed by atoms with Crippen LogP contribution in [-0.4, -0.2) is 19.1 Å². The molecule has 0 N–H and O–H groups in total. The van der Waals surface area contributed by atoms with Crippen molar-refractivity contribution in [3.63, 3.8) is 0 Å². The van der Waals surface area contributed by atoms with Crippen LogP contribution in [0.25, 0.3) is 140 Å². The van der Waals surface area contributed by atoms with E-state index in [2.05, 4.69) is 179 Å². The highest BCUT2D eigenvalue weighted by Crippen LogP contribution is 2.50. The monoisotopic (exact) mass is 838 g/mol. The molecule has 0 saturated heterocycles. The second-order valence-electron chi connectivity index (χ2n) is 16.4. The molecule has 292 valence electrons. The summed E-state index contributed by atoms with van der Waals surface area (Å²) in [6, 6.07) is 65.5. The first-order chi connectivity index (χ1) is 31.2. The maximum absolute atomic E-state index is 6.29. The van der Waals surface area contributed by atoms with Crippen LogP contribution >= 0.6 is 22.7 Å². The van der Waals surface area contributed by atoms with Crippen LogP contribution in [0.15, 0.2) is 186 Å². The number of aromatic nitrogens is 4. The molecule has 6 aromatic heterocycles. The molecule has 0 amide bonds. The Balaban J connectivity index is 1.09. The molecule has 5 nitrogen and oxygen atoms in total. The fourth-order valence-electron chi connectivity index (χ4n) is 10.4. The summed E-state index contributed by atoms with van der Waals surface area (Å²) in [5.74, 6) is 0.654. The smallest absolute Gasteiger partial charge is 0.235 e. The standard InChI is InChI=1S/C56H30N4OS2/c1-2-14-32(15-3-1)59-42-22-10-6-16-33(42)39-29-41-48(30-44(39)59)63-54-36-19-5-4-18-35(36)53-49(50(41)54)37-20-7-11-23-43(37)60(53)56-57-51(55-52(58-56)38-21-9-13-25-47(38)62-55)31-26-27-46-40(28-31)34-17-8-12-24-45(34)61-46/h1-30H. The average Bonchev–Trinajstić information content (AvgIpc) is 4.15. The summed E-state index contributed by atoms with van der Waals surface area (Å²) in [5, 5.41) is 13.1. The first-order valence-electron chi connectivity index (χ1n) is 21.2. The molecule has 15 rings (SSSR count). The van der Waals surface area contributed by atoms with Crippen LogP contribution in [0.4, 0.5) is 0 Å². The van der Waals surface area contributed by atoms with Crippen molar-refractivity contribution in [3.05, 3.63) is 182 Å². The van der Waals surface area contributed by atoms with Crippen LogP contribution in [0.3, 0.4) is 0 Å². The van der Waals surface area contributed by atoms with E-state index >= 15 is 0 Å². The zero-order valence-corrected chi connectivity index (χ0v) is 35.0. The van der Waals surface area contributed by atoms with E-state index in [-0.39, 0.29) is 0 Å². The van der Waals surface area contributed by atoms with Gasteiger partial charge < -0.3 is 8.98 Å². The topological polar surface area (TPSA) is 48.8 Å². The quantitative estimate of drug-likeness (QED) is 0.178. The molecule has 63 heavy (non-hydrogen) atoms. The van der Waals surface area contributed by atoms with Gasteiger partial charge in [0, 0.05) is 84.6 Å². The van der Waals surface area contributed by atoms with Gasteiger partial charge in [-0.2, -0.15) is 0 Å². The number of benzene rings is 9. The summed E-state index contributed by atoms with van der Waals surface area (Å²) in [6.45, 7) is 0. The lowest BCUT2D eigenvalue weighted by atomic mass is 9.99. The Hall–Kier alpha value is -7.84. The highest BCUT2D eigenvalue weighted by atomic mass is 32.1. The van der Waals surface area contributed by atoms with E-state index in [4.69, 9.17) is 14.4 Å². The molecule has 0 aliphatic heterocycles. The Morgan fingerprint density at radius 2 is 1.06 bits per heavy atom. The first-order valence-corrected chi connectivity index (χ1v) is 22.8. The van der Waals surface area contributed by atoms with Crippen molar-refractivity contribution in [1.82, 2.24) is 19.1 Å². The fourth-order valence-corrected chi connectivity index (χ4v) is 12.9. The third-order valence-corrected chi connectivity index (χ3v) is 15.5. The van der Waals surface area contributed by atoms with Crippen molar-refractivity contribution >= 4 is 139 Å². The molecular weight excluding hydrogens is 809 g/mol. The summed E-state index contributed by atoms with van der Waals surface area (Å²) in [4.78, 5) is 11.2. The molecule has 0 spiro atoms. The largest absolute Gasteiger partial charge is 0.456 e. The van der Waals surface area contributed by atoms with Crippen molar-refractivity contribution in [2.45, 2.75) is 0 Å². The molecule has 0 atom stereocenters. The van der Waals surface area contributed by atoms with Gasteiger partial charge in [-0.05, 0) is 66.7 Å². The summed E-state index contributed by atoms with van der Waals surface area (Å²) >= 11 is 3.65. The van der Waals surface area contributed by atoms with Gasteiger partial charge in [-0.15, -0.1) is 22.7 Å². The minimum atomic E-state index is 0.654. The number of hydrogen-bond donors (Lipinski definition) is 0. The van der Waals surface area contributed by atoms with Gasteiger partial charge in [0.2, 0.25) is 5.95 Å². The third-order valence-electron chi connectivity index (χ3n) is 13.1. The van der Waals surface area contributed by atoms with Gasteiger partial charge in [-0.25, -0.2) is 9.97 Å². The van der Waals surface area contributed by atoms with Gasteiger partial charge in [0.25, 0.3) is 0 Å². The van der Waals surface area contributed by atoms with E-state index in [1.54, 1.807) is 11.3 Å². The summed E-state index contributed by atoms with van der Waals surface area (Å²) in [7, 11) is 0. The Morgan fingerprint density at radius 3 is 1.92 bits per heavy atom. The van der Waals surface area contributed by atoms with Gasteiger partial charge in [0.05, 0.1) is 38.0 Å². The number of fused-ring (bicyclic) bond motifs is 19. The lowest BCUT2D eigenvalue weighted by Gasteiger charge is -2.12. The number of furan rings is 1. The second kappa shape index (κ2) is 12.4. The van der Waals surface area contributed by atoms with Crippen LogP contribution in [0.2, 0.25) is 0 Å². The van der Waals surface area contributed by atoms with Gasteiger partial charge in [-0.3, -0.25) is 4.57 Å². The molecule has 0 radical (unpaired) electrons. The Labute approximate surface area is 365 Å². The molecule has 0 aliphatic rings. The van der Waals surface area contributed by atoms with Gasteiger partial charge in [0.15, 0.2) is 0 Å². The Bertz CT molecular complexity index is 4450. The maximum atomic E-state index is 6.29. The minimum Gasteiger partial charge on any atom is -0.456 e. The van der Waals surface area contributed by atoms with Crippen molar-refractivity contribution in [3.8, 4) is 22.9 Å². The molecule has 15 aromatic rings. The van der Waals surface area contributed by atoms with E-state index in [1.807, 2.05) is 23.5 Å². The molecule has 0 unspecified atom stereocenters. The zero-order chi connectivity index (χ0) is 40.9. The van der Waals surface area contributed by atoms with Crippen molar-refractivity contribution in [2.24, 2.45) is 0 Å². The predicted octanol–water partition coefficient (Wildman–Crippen LogP) is 16.1. The average molecular weight is 839 g/mol. The lowest BCUT2D eigenvalue weighted by Crippen LogP contribution is -2.03.